The molecule has 0 amide bonds. The maximum atomic E-state index is 5.06. The van der Waals surface area contributed by atoms with E-state index in [1.165, 1.54) is 5.39 Å². The zero-order chi connectivity index (χ0) is 13.1. The Bertz CT molecular complexity index is 731. The molecule has 1 N–H and O–H groups in total. The third-order valence-corrected chi connectivity index (χ3v) is 2.87. The van der Waals surface area contributed by atoms with Crippen LogP contribution >= 0.6 is 0 Å². The van der Waals surface area contributed by atoms with Crippen LogP contribution in [0.4, 0.5) is 5.69 Å². The van der Waals surface area contributed by atoms with Gasteiger partial charge < -0.3 is 9.72 Å². The molecule has 2 aromatic heterocycles. The molecule has 0 bridgehead atoms. The van der Waals surface area contributed by atoms with Crippen molar-refractivity contribution in [2.75, 3.05) is 7.11 Å². The summed E-state index contributed by atoms with van der Waals surface area (Å²) in [4.78, 5) is 11.6. The van der Waals surface area contributed by atoms with Crippen LogP contribution in [0.15, 0.2) is 53.8 Å². The van der Waals surface area contributed by atoms with Gasteiger partial charge in [0.15, 0.2) is 0 Å². The van der Waals surface area contributed by atoms with Crippen LogP contribution in [0, 0.1) is 0 Å². The highest BCUT2D eigenvalue weighted by molar-refractivity contribution is 5.89. The van der Waals surface area contributed by atoms with Gasteiger partial charge in [-0.1, -0.05) is 6.07 Å². The molecule has 3 rings (SSSR count). The lowest BCUT2D eigenvalue weighted by atomic mass is 10.2. The number of benzene rings is 1. The largest absolute Gasteiger partial charge is 0.481 e. The Balaban J connectivity index is 1.88. The van der Waals surface area contributed by atoms with Crippen molar-refractivity contribution in [1.29, 1.82) is 0 Å². The monoisotopic (exact) mass is 251 g/mol. The molecule has 94 valence electrons. The molecule has 0 saturated heterocycles. The summed E-state index contributed by atoms with van der Waals surface area (Å²) in [7, 11) is 1.59. The fraction of sp³-hybridized carbons (Fsp3) is 0.0667. The average Bonchev–Trinajstić information content (AvgIpc) is 2.93. The maximum absolute atomic E-state index is 5.06. The van der Waals surface area contributed by atoms with Crippen LogP contribution in [0.5, 0.6) is 5.88 Å². The summed E-state index contributed by atoms with van der Waals surface area (Å²) in [5.41, 5.74) is 3.01. The number of methoxy groups -OCH3 is 1. The zero-order valence-corrected chi connectivity index (χ0v) is 10.5. The van der Waals surface area contributed by atoms with Gasteiger partial charge >= 0.3 is 0 Å². The first kappa shape index (κ1) is 11.5. The molecule has 19 heavy (non-hydrogen) atoms. The number of aromatic nitrogens is 2. The average molecular weight is 251 g/mol. The van der Waals surface area contributed by atoms with Crippen molar-refractivity contribution < 1.29 is 4.74 Å². The first-order valence-corrected chi connectivity index (χ1v) is 5.96. The normalized spacial score (nSPS) is 11.2. The Morgan fingerprint density at radius 2 is 2.16 bits per heavy atom. The van der Waals surface area contributed by atoms with E-state index in [0.29, 0.717) is 5.88 Å². The SMILES string of the molecule is COc1cc(/N=C/c2ccc3[nH]ccc3c2)ccn1. The Morgan fingerprint density at radius 1 is 1.21 bits per heavy atom. The number of rotatable bonds is 3. The summed E-state index contributed by atoms with van der Waals surface area (Å²) in [6, 6.07) is 11.8. The molecule has 3 aromatic rings. The van der Waals surface area contributed by atoms with Crippen LogP contribution in [0.3, 0.4) is 0 Å². The number of hydrogen-bond donors (Lipinski definition) is 1. The lowest BCUT2D eigenvalue weighted by Gasteiger charge is -1.99. The molecule has 1 aromatic carbocycles. The van der Waals surface area contributed by atoms with Crippen LogP contribution in [0.25, 0.3) is 10.9 Å². The van der Waals surface area contributed by atoms with Crippen molar-refractivity contribution in [3.8, 4) is 5.88 Å². The molecule has 0 radical (unpaired) electrons. The number of hydrogen-bond acceptors (Lipinski definition) is 3. The number of nitrogens with zero attached hydrogens (tertiary/aromatic N) is 2. The highest BCUT2D eigenvalue weighted by Gasteiger charge is 1.96. The smallest absolute Gasteiger partial charge is 0.215 e. The van der Waals surface area contributed by atoms with E-state index in [2.05, 4.69) is 21.0 Å². The second-order valence-electron chi connectivity index (χ2n) is 4.14. The van der Waals surface area contributed by atoms with E-state index in [0.717, 1.165) is 16.8 Å². The molecule has 0 aliphatic carbocycles. The van der Waals surface area contributed by atoms with Crippen molar-refractivity contribution in [1.82, 2.24) is 9.97 Å². The predicted molar refractivity (Wildman–Crippen MR) is 76.3 cm³/mol. The Hall–Kier alpha value is -2.62. The van der Waals surface area contributed by atoms with Crippen molar-refractivity contribution in [3.63, 3.8) is 0 Å². The lowest BCUT2D eigenvalue weighted by molar-refractivity contribution is 0.398. The highest BCUT2D eigenvalue weighted by atomic mass is 16.5. The fourth-order valence-corrected chi connectivity index (χ4v) is 1.89. The zero-order valence-electron chi connectivity index (χ0n) is 10.5. The van der Waals surface area contributed by atoms with Crippen molar-refractivity contribution >= 4 is 22.8 Å². The van der Waals surface area contributed by atoms with E-state index in [-0.39, 0.29) is 0 Å². The molecule has 0 aliphatic rings. The standard InChI is InChI=1S/C15H13N3O/c1-19-15-9-13(5-7-17-15)18-10-11-2-3-14-12(8-11)4-6-16-14/h2-10,16H,1H3/b18-10+. The first-order valence-electron chi connectivity index (χ1n) is 5.96. The van der Waals surface area contributed by atoms with E-state index >= 15 is 0 Å². The first-order chi connectivity index (χ1) is 9.35. The van der Waals surface area contributed by atoms with Crippen LogP contribution in [0.2, 0.25) is 0 Å². The summed E-state index contributed by atoms with van der Waals surface area (Å²) in [6.45, 7) is 0. The van der Waals surface area contributed by atoms with Gasteiger partial charge in [-0.25, -0.2) is 4.98 Å². The minimum Gasteiger partial charge on any atom is -0.481 e. The lowest BCUT2D eigenvalue weighted by Crippen LogP contribution is -1.85. The molecule has 2 heterocycles. The van der Waals surface area contributed by atoms with E-state index in [4.69, 9.17) is 4.74 Å². The van der Waals surface area contributed by atoms with Crippen molar-refractivity contribution in [2.45, 2.75) is 0 Å². The van der Waals surface area contributed by atoms with E-state index in [1.807, 2.05) is 36.7 Å². The summed E-state index contributed by atoms with van der Waals surface area (Å²) < 4.78 is 5.06. The molecule has 0 fully saturated rings. The summed E-state index contributed by atoms with van der Waals surface area (Å²) >= 11 is 0. The molecule has 0 spiro atoms. The quantitative estimate of drug-likeness (QED) is 0.726. The molecular formula is C15H13N3O. The van der Waals surface area contributed by atoms with Crippen LogP contribution in [-0.2, 0) is 0 Å². The second kappa shape index (κ2) is 4.94. The van der Waals surface area contributed by atoms with E-state index < -0.39 is 0 Å². The third kappa shape index (κ3) is 2.47. The van der Waals surface area contributed by atoms with Gasteiger partial charge in [0.25, 0.3) is 0 Å². The van der Waals surface area contributed by atoms with Crippen molar-refractivity contribution in [2.24, 2.45) is 4.99 Å². The molecular weight excluding hydrogens is 238 g/mol. The van der Waals surface area contributed by atoms with Gasteiger partial charge in [-0.05, 0) is 35.2 Å². The molecule has 0 atom stereocenters. The number of nitrogens with one attached hydrogen (secondary N) is 1. The van der Waals surface area contributed by atoms with Gasteiger partial charge in [-0.2, -0.15) is 0 Å². The van der Waals surface area contributed by atoms with Gasteiger partial charge in [0.1, 0.15) is 0 Å². The summed E-state index contributed by atoms with van der Waals surface area (Å²) in [6.07, 6.45) is 5.45. The van der Waals surface area contributed by atoms with Gasteiger partial charge in [0.05, 0.1) is 12.8 Å². The fourth-order valence-electron chi connectivity index (χ4n) is 1.89. The van der Waals surface area contributed by atoms with E-state index in [1.54, 1.807) is 19.4 Å². The molecule has 0 unspecified atom stereocenters. The van der Waals surface area contributed by atoms with Crippen LogP contribution in [0.1, 0.15) is 5.56 Å². The molecule has 0 saturated carbocycles. The Kier molecular flexibility index (Phi) is 2.98. The Labute approximate surface area is 110 Å². The third-order valence-electron chi connectivity index (χ3n) is 2.87. The summed E-state index contributed by atoms with van der Waals surface area (Å²) in [5.74, 6) is 0.565. The number of aliphatic imine (C=N–C) groups is 1. The number of H-pyrrole nitrogens is 1. The molecule has 0 aliphatic heterocycles. The second-order valence-corrected chi connectivity index (χ2v) is 4.14. The summed E-state index contributed by atoms with van der Waals surface area (Å²) in [5, 5.41) is 1.18. The maximum Gasteiger partial charge on any atom is 0.215 e. The minimum atomic E-state index is 0.565. The molecule has 4 heteroatoms. The topological polar surface area (TPSA) is 50.3 Å². The van der Waals surface area contributed by atoms with Gasteiger partial charge in [0, 0.05) is 30.2 Å². The molecule has 4 nitrogen and oxygen atoms in total. The number of fused-ring (bicyclic) bond motifs is 1. The highest BCUT2D eigenvalue weighted by Crippen LogP contribution is 2.17. The van der Waals surface area contributed by atoms with Gasteiger partial charge in [-0.3, -0.25) is 4.99 Å². The van der Waals surface area contributed by atoms with Crippen LogP contribution < -0.4 is 4.74 Å². The minimum absolute atomic E-state index is 0.565. The van der Waals surface area contributed by atoms with Gasteiger partial charge in [-0.15, -0.1) is 0 Å². The Morgan fingerprint density at radius 3 is 3.05 bits per heavy atom. The number of aromatic amines is 1. The number of ether oxygens (including phenoxy) is 1. The van der Waals surface area contributed by atoms with E-state index in [9.17, 15) is 0 Å². The predicted octanol–water partition coefficient (Wildman–Crippen LogP) is 3.32. The van der Waals surface area contributed by atoms with Crippen LogP contribution in [-0.4, -0.2) is 23.3 Å². The number of pyridine rings is 1. The van der Waals surface area contributed by atoms with Gasteiger partial charge in [0.2, 0.25) is 5.88 Å². The van der Waals surface area contributed by atoms with Crippen molar-refractivity contribution in [3.05, 3.63) is 54.4 Å².